The van der Waals surface area contributed by atoms with Gasteiger partial charge in [-0.2, -0.15) is 5.10 Å². The second-order valence-corrected chi connectivity index (χ2v) is 5.81. The quantitative estimate of drug-likeness (QED) is 0.749. The van der Waals surface area contributed by atoms with E-state index in [1.807, 2.05) is 61.1 Å². The minimum absolute atomic E-state index is 0.149. The molecule has 2 aromatic carbocycles. The Kier molecular flexibility index (Phi) is 5.14. The van der Waals surface area contributed by atoms with E-state index in [2.05, 4.69) is 33.9 Å². The topological polar surface area (TPSA) is 59.0 Å². The van der Waals surface area contributed by atoms with Crippen LogP contribution in [0.5, 0.6) is 0 Å². The predicted molar refractivity (Wildman–Crippen MR) is 100.0 cm³/mol. The van der Waals surface area contributed by atoms with Crippen molar-refractivity contribution in [2.75, 3.05) is 6.54 Å². The largest absolute Gasteiger partial charge is 0.338 e. The number of hydrogen-bond donors (Lipinski definition) is 2. The Balaban J connectivity index is 1.74. The number of hydrogen-bond acceptors (Lipinski definition) is 2. The first-order valence-electron chi connectivity index (χ1n) is 8.38. The molecule has 0 atom stereocenters. The molecule has 0 unspecified atom stereocenters. The first-order valence-corrected chi connectivity index (χ1v) is 8.38. The van der Waals surface area contributed by atoms with Crippen LogP contribution in [0.2, 0.25) is 0 Å². The first kappa shape index (κ1) is 16.8. The number of nitrogens with zero attached hydrogens (tertiary/aromatic N) is 2. The molecule has 3 rings (SSSR count). The lowest BCUT2D eigenvalue weighted by molar-refractivity contribution is 0.241. The smallest absolute Gasteiger partial charge is 0.315 e. The standard InChI is InChI=1S/C20H22N4O/c1-3-21-20(25)22-14-15-9-11-16(12-10-15)18-13-19(24(2)23-18)17-7-5-4-6-8-17/h4-13H,3,14H2,1-2H3,(H2,21,22,25). The maximum atomic E-state index is 11.4. The van der Waals surface area contributed by atoms with E-state index in [0.29, 0.717) is 13.1 Å². The molecule has 3 aromatic rings. The van der Waals surface area contributed by atoms with E-state index in [9.17, 15) is 4.79 Å². The van der Waals surface area contributed by atoms with Gasteiger partial charge in [0, 0.05) is 25.7 Å². The van der Waals surface area contributed by atoms with E-state index >= 15 is 0 Å². The lowest BCUT2D eigenvalue weighted by Gasteiger charge is -2.06. The van der Waals surface area contributed by atoms with Crippen LogP contribution in [-0.2, 0) is 13.6 Å². The Hall–Kier alpha value is -3.08. The van der Waals surface area contributed by atoms with Crippen LogP contribution in [0.1, 0.15) is 12.5 Å². The summed E-state index contributed by atoms with van der Waals surface area (Å²) in [6, 6.07) is 20.3. The van der Waals surface area contributed by atoms with Crippen molar-refractivity contribution in [1.29, 1.82) is 0 Å². The molecule has 0 bridgehead atoms. The van der Waals surface area contributed by atoms with E-state index in [-0.39, 0.29) is 6.03 Å². The van der Waals surface area contributed by atoms with E-state index in [1.165, 1.54) is 0 Å². The van der Waals surface area contributed by atoms with Gasteiger partial charge in [-0.05, 0) is 24.1 Å². The van der Waals surface area contributed by atoms with Crippen LogP contribution in [0, 0.1) is 0 Å². The van der Waals surface area contributed by atoms with Gasteiger partial charge in [0.15, 0.2) is 0 Å². The highest BCUT2D eigenvalue weighted by Crippen LogP contribution is 2.25. The summed E-state index contributed by atoms with van der Waals surface area (Å²) in [6.07, 6.45) is 0. The number of benzene rings is 2. The average molecular weight is 334 g/mol. The Labute approximate surface area is 147 Å². The zero-order valence-electron chi connectivity index (χ0n) is 14.5. The van der Waals surface area contributed by atoms with Gasteiger partial charge in [0.25, 0.3) is 0 Å². The number of aromatic nitrogens is 2. The average Bonchev–Trinajstić information content (AvgIpc) is 3.03. The molecular weight excluding hydrogens is 312 g/mol. The van der Waals surface area contributed by atoms with Gasteiger partial charge < -0.3 is 10.6 Å². The number of amides is 2. The molecule has 0 saturated heterocycles. The van der Waals surface area contributed by atoms with Crippen molar-refractivity contribution < 1.29 is 4.79 Å². The highest BCUT2D eigenvalue weighted by molar-refractivity contribution is 5.73. The summed E-state index contributed by atoms with van der Waals surface area (Å²) in [7, 11) is 1.95. The molecule has 128 valence electrons. The van der Waals surface area contributed by atoms with Crippen LogP contribution >= 0.6 is 0 Å². The second kappa shape index (κ2) is 7.66. The molecule has 0 aliphatic heterocycles. The van der Waals surface area contributed by atoms with Crippen LogP contribution in [0.4, 0.5) is 4.79 Å². The lowest BCUT2D eigenvalue weighted by Crippen LogP contribution is -2.34. The van der Waals surface area contributed by atoms with E-state index in [1.54, 1.807) is 0 Å². The number of aryl methyl sites for hydroxylation is 1. The Bertz CT molecular complexity index is 838. The summed E-state index contributed by atoms with van der Waals surface area (Å²) in [5, 5.41) is 10.2. The molecule has 0 spiro atoms. The predicted octanol–water partition coefficient (Wildman–Crippen LogP) is 3.57. The number of nitrogens with one attached hydrogen (secondary N) is 2. The molecule has 0 aliphatic rings. The molecule has 5 nitrogen and oxygen atoms in total. The fraction of sp³-hybridized carbons (Fsp3) is 0.200. The van der Waals surface area contributed by atoms with Gasteiger partial charge in [-0.3, -0.25) is 4.68 Å². The van der Waals surface area contributed by atoms with Gasteiger partial charge in [0.1, 0.15) is 0 Å². The summed E-state index contributed by atoms with van der Waals surface area (Å²) >= 11 is 0. The molecule has 2 N–H and O–H groups in total. The van der Waals surface area contributed by atoms with Gasteiger partial charge in [0.05, 0.1) is 11.4 Å². The van der Waals surface area contributed by atoms with Crippen molar-refractivity contribution in [3.8, 4) is 22.5 Å². The molecule has 5 heteroatoms. The van der Waals surface area contributed by atoms with Crippen molar-refractivity contribution in [3.63, 3.8) is 0 Å². The summed E-state index contributed by atoms with van der Waals surface area (Å²) in [5.41, 5.74) is 5.27. The maximum Gasteiger partial charge on any atom is 0.315 e. The second-order valence-electron chi connectivity index (χ2n) is 5.81. The normalized spacial score (nSPS) is 10.5. The Morgan fingerprint density at radius 2 is 1.72 bits per heavy atom. The molecule has 0 fully saturated rings. The molecule has 1 aromatic heterocycles. The van der Waals surface area contributed by atoms with Gasteiger partial charge in [-0.15, -0.1) is 0 Å². The maximum absolute atomic E-state index is 11.4. The molecule has 1 heterocycles. The van der Waals surface area contributed by atoms with Crippen molar-refractivity contribution in [2.45, 2.75) is 13.5 Å². The highest BCUT2D eigenvalue weighted by atomic mass is 16.2. The third-order valence-corrected chi connectivity index (χ3v) is 3.99. The molecule has 0 radical (unpaired) electrons. The van der Waals surface area contributed by atoms with Crippen molar-refractivity contribution >= 4 is 6.03 Å². The van der Waals surface area contributed by atoms with Gasteiger partial charge in [-0.1, -0.05) is 54.6 Å². The number of carbonyl (C=O) groups excluding carboxylic acids is 1. The van der Waals surface area contributed by atoms with Crippen molar-refractivity contribution in [1.82, 2.24) is 20.4 Å². The van der Waals surface area contributed by atoms with Crippen LogP contribution in [0.25, 0.3) is 22.5 Å². The van der Waals surface area contributed by atoms with Crippen LogP contribution in [0.15, 0.2) is 60.7 Å². The third kappa shape index (κ3) is 4.07. The Morgan fingerprint density at radius 3 is 2.40 bits per heavy atom. The van der Waals surface area contributed by atoms with Gasteiger partial charge in [0.2, 0.25) is 0 Å². The number of rotatable bonds is 5. The van der Waals surface area contributed by atoms with Crippen LogP contribution < -0.4 is 10.6 Å². The minimum atomic E-state index is -0.149. The molecular formula is C20H22N4O. The van der Waals surface area contributed by atoms with Crippen molar-refractivity contribution in [3.05, 3.63) is 66.2 Å². The van der Waals surface area contributed by atoms with Crippen LogP contribution in [-0.4, -0.2) is 22.4 Å². The Morgan fingerprint density at radius 1 is 1.00 bits per heavy atom. The first-order chi connectivity index (χ1) is 12.2. The monoisotopic (exact) mass is 334 g/mol. The minimum Gasteiger partial charge on any atom is -0.338 e. The van der Waals surface area contributed by atoms with Crippen LogP contribution in [0.3, 0.4) is 0 Å². The van der Waals surface area contributed by atoms with E-state index < -0.39 is 0 Å². The molecule has 0 aliphatic carbocycles. The summed E-state index contributed by atoms with van der Waals surface area (Å²) in [6.45, 7) is 3.02. The number of urea groups is 1. The summed E-state index contributed by atoms with van der Waals surface area (Å²) in [4.78, 5) is 11.4. The fourth-order valence-corrected chi connectivity index (χ4v) is 2.69. The number of carbonyl (C=O) groups is 1. The highest BCUT2D eigenvalue weighted by Gasteiger charge is 2.09. The molecule has 2 amide bonds. The van der Waals surface area contributed by atoms with Gasteiger partial charge >= 0.3 is 6.03 Å². The SMILES string of the molecule is CCNC(=O)NCc1ccc(-c2cc(-c3ccccc3)n(C)n2)cc1. The van der Waals surface area contributed by atoms with Gasteiger partial charge in [-0.25, -0.2) is 4.79 Å². The molecule has 25 heavy (non-hydrogen) atoms. The molecule has 0 saturated carbocycles. The zero-order chi connectivity index (χ0) is 17.6. The zero-order valence-corrected chi connectivity index (χ0v) is 14.5. The lowest BCUT2D eigenvalue weighted by atomic mass is 10.1. The van der Waals surface area contributed by atoms with E-state index in [4.69, 9.17) is 0 Å². The summed E-state index contributed by atoms with van der Waals surface area (Å²) in [5.74, 6) is 0. The van der Waals surface area contributed by atoms with E-state index in [0.717, 1.165) is 28.1 Å². The summed E-state index contributed by atoms with van der Waals surface area (Å²) < 4.78 is 1.90. The third-order valence-electron chi connectivity index (χ3n) is 3.99. The fourth-order valence-electron chi connectivity index (χ4n) is 2.69. The van der Waals surface area contributed by atoms with Crippen molar-refractivity contribution in [2.24, 2.45) is 7.05 Å².